The van der Waals surface area contributed by atoms with E-state index in [0.717, 1.165) is 15.0 Å². The van der Waals surface area contributed by atoms with Crippen molar-refractivity contribution >= 4 is 48.0 Å². The van der Waals surface area contributed by atoms with E-state index in [4.69, 9.17) is 0 Å². The molecule has 1 aromatic heterocycles. The van der Waals surface area contributed by atoms with Gasteiger partial charge >= 0.3 is 0 Å². The number of halogens is 1. The van der Waals surface area contributed by atoms with Crippen molar-refractivity contribution in [2.75, 3.05) is 0 Å². The van der Waals surface area contributed by atoms with Gasteiger partial charge in [0, 0.05) is 0 Å². The number of thiazole rings is 1. The number of nitrogens with zero attached hydrogens (tertiary/aromatic N) is 1. The summed E-state index contributed by atoms with van der Waals surface area (Å²) < 4.78 is 2.24. The van der Waals surface area contributed by atoms with Crippen LogP contribution in [0.3, 0.4) is 0 Å². The van der Waals surface area contributed by atoms with E-state index >= 15 is 0 Å². The van der Waals surface area contributed by atoms with Crippen molar-refractivity contribution in [3.63, 3.8) is 0 Å². The maximum atomic E-state index is 4.61. The summed E-state index contributed by atoms with van der Waals surface area (Å²) in [5.41, 5.74) is 2.22. The molecule has 0 spiro atoms. The highest BCUT2D eigenvalue weighted by atomic mass is 79.9. The summed E-state index contributed by atoms with van der Waals surface area (Å²) in [4.78, 5) is 4.61. The minimum Gasteiger partial charge on any atom is -0.235 e. The van der Waals surface area contributed by atoms with Gasteiger partial charge in [0.25, 0.3) is 0 Å². The third kappa shape index (κ3) is 2.37. The van der Waals surface area contributed by atoms with Crippen molar-refractivity contribution in [3.8, 4) is 0 Å². The molecule has 0 unspecified atom stereocenters. The minimum absolute atomic E-state index is 1.01. The van der Waals surface area contributed by atoms with Crippen molar-refractivity contribution < 1.29 is 0 Å². The van der Waals surface area contributed by atoms with Crippen LogP contribution in [0.4, 0.5) is 0 Å². The van der Waals surface area contributed by atoms with E-state index in [1.165, 1.54) is 10.3 Å². The SMILES string of the molecule is Br/C(=C\c1ccccc1)c1nc2ccccc2s1. The van der Waals surface area contributed by atoms with E-state index in [1.807, 2.05) is 36.4 Å². The second-order valence-corrected chi connectivity index (χ2v) is 5.77. The molecular weight excluding hydrogens is 306 g/mol. The Morgan fingerprint density at radius 2 is 1.72 bits per heavy atom. The molecule has 0 aliphatic carbocycles. The maximum absolute atomic E-state index is 4.61. The number of aromatic nitrogens is 1. The molecule has 3 aromatic rings. The number of benzene rings is 2. The Bertz CT molecular complexity index is 668. The van der Waals surface area contributed by atoms with E-state index in [0.29, 0.717) is 0 Å². The van der Waals surface area contributed by atoms with Crippen LogP contribution < -0.4 is 0 Å². The summed E-state index contributed by atoms with van der Waals surface area (Å²) in [7, 11) is 0. The lowest BCUT2D eigenvalue weighted by molar-refractivity contribution is 1.46. The number of para-hydroxylation sites is 1. The lowest BCUT2D eigenvalue weighted by Gasteiger charge is -1.94. The normalized spacial score (nSPS) is 11.9. The Morgan fingerprint density at radius 1 is 1.00 bits per heavy atom. The predicted molar refractivity (Wildman–Crippen MR) is 82.9 cm³/mol. The lowest BCUT2D eigenvalue weighted by atomic mass is 10.2. The second kappa shape index (κ2) is 5.04. The monoisotopic (exact) mass is 315 g/mol. The number of hydrogen-bond acceptors (Lipinski definition) is 2. The van der Waals surface area contributed by atoms with E-state index in [-0.39, 0.29) is 0 Å². The first kappa shape index (κ1) is 11.6. The Hall–Kier alpha value is -1.45. The van der Waals surface area contributed by atoms with E-state index in [1.54, 1.807) is 11.3 Å². The smallest absolute Gasteiger partial charge is 0.131 e. The van der Waals surface area contributed by atoms with Gasteiger partial charge in [-0.15, -0.1) is 11.3 Å². The van der Waals surface area contributed by atoms with E-state index < -0.39 is 0 Å². The topological polar surface area (TPSA) is 12.9 Å². The molecule has 0 amide bonds. The standard InChI is InChI=1S/C15H10BrNS/c16-12(10-11-6-2-1-3-7-11)15-17-13-8-4-5-9-14(13)18-15/h1-10H/b12-10-. The van der Waals surface area contributed by atoms with Gasteiger partial charge in [-0.25, -0.2) is 4.98 Å². The molecule has 0 aliphatic rings. The molecule has 2 aromatic carbocycles. The third-order valence-corrected chi connectivity index (χ3v) is 4.53. The fraction of sp³-hybridized carbons (Fsp3) is 0. The molecule has 0 aliphatic heterocycles. The molecule has 1 nitrogen and oxygen atoms in total. The van der Waals surface area contributed by atoms with Crippen LogP contribution in [-0.4, -0.2) is 4.98 Å². The largest absolute Gasteiger partial charge is 0.235 e. The van der Waals surface area contributed by atoms with Gasteiger partial charge < -0.3 is 0 Å². The summed E-state index contributed by atoms with van der Waals surface area (Å²) in [6.45, 7) is 0. The van der Waals surface area contributed by atoms with Crippen molar-refractivity contribution in [1.29, 1.82) is 0 Å². The molecule has 0 N–H and O–H groups in total. The van der Waals surface area contributed by atoms with Gasteiger partial charge in [0.15, 0.2) is 0 Å². The van der Waals surface area contributed by atoms with Crippen molar-refractivity contribution in [2.24, 2.45) is 0 Å². The van der Waals surface area contributed by atoms with Crippen molar-refractivity contribution in [1.82, 2.24) is 4.98 Å². The molecule has 3 rings (SSSR count). The highest BCUT2D eigenvalue weighted by molar-refractivity contribution is 9.15. The zero-order valence-corrected chi connectivity index (χ0v) is 11.9. The van der Waals surface area contributed by atoms with E-state index in [9.17, 15) is 0 Å². The Morgan fingerprint density at radius 3 is 2.50 bits per heavy atom. The average molecular weight is 316 g/mol. The number of hydrogen-bond donors (Lipinski definition) is 0. The number of rotatable bonds is 2. The third-order valence-electron chi connectivity index (χ3n) is 2.59. The first-order chi connectivity index (χ1) is 8.83. The molecule has 0 atom stereocenters. The zero-order valence-electron chi connectivity index (χ0n) is 9.51. The molecule has 3 heteroatoms. The Labute approximate surface area is 118 Å². The number of fused-ring (bicyclic) bond motifs is 1. The van der Waals surface area contributed by atoms with Gasteiger partial charge in [-0.2, -0.15) is 0 Å². The van der Waals surface area contributed by atoms with Crippen molar-refractivity contribution in [3.05, 3.63) is 65.2 Å². The van der Waals surface area contributed by atoms with Crippen LogP contribution in [0.15, 0.2) is 54.6 Å². The summed E-state index contributed by atoms with van der Waals surface area (Å²) >= 11 is 5.31. The first-order valence-corrected chi connectivity index (χ1v) is 7.22. The van der Waals surface area contributed by atoms with Crippen LogP contribution in [0.25, 0.3) is 20.8 Å². The molecule has 1 heterocycles. The minimum atomic E-state index is 1.01. The molecule has 88 valence electrons. The fourth-order valence-electron chi connectivity index (χ4n) is 1.73. The molecule has 0 bridgehead atoms. The maximum Gasteiger partial charge on any atom is 0.131 e. The molecule has 0 saturated heterocycles. The van der Waals surface area contributed by atoms with Crippen LogP contribution >= 0.6 is 27.3 Å². The van der Waals surface area contributed by atoms with Crippen LogP contribution in [-0.2, 0) is 0 Å². The van der Waals surface area contributed by atoms with Gasteiger partial charge in [-0.05, 0) is 39.7 Å². The summed E-state index contributed by atoms with van der Waals surface area (Å²) in [5, 5.41) is 1.01. The van der Waals surface area contributed by atoms with Gasteiger partial charge in [-0.1, -0.05) is 42.5 Å². The first-order valence-electron chi connectivity index (χ1n) is 5.61. The summed E-state index contributed by atoms with van der Waals surface area (Å²) in [6, 6.07) is 18.4. The second-order valence-electron chi connectivity index (χ2n) is 3.89. The highest BCUT2D eigenvalue weighted by Gasteiger charge is 2.05. The molecular formula is C15H10BrNS. The Balaban J connectivity index is 2.01. The summed E-state index contributed by atoms with van der Waals surface area (Å²) in [5.74, 6) is 0. The fourth-order valence-corrected chi connectivity index (χ4v) is 3.20. The zero-order chi connectivity index (χ0) is 12.4. The Kier molecular flexibility index (Phi) is 3.26. The quantitative estimate of drug-likeness (QED) is 0.634. The van der Waals surface area contributed by atoms with Crippen LogP contribution in [0.5, 0.6) is 0 Å². The van der Waals surface area contributed by atoms with Crippen molar-refractivity contribution in [2.45, 2.75) is 0 Å². The molecule has 0 saturated carbocycles. The molecule has 18 heavy (non-hydrogen) atoms. The van der Waals surface area contributed by atoms with Gasteiger partial charge in [0.2, 0.25) is 0 Å². The van der Waals surface area contributed by atoms with Crippen LogP contribution in [0, 0.1) is 0 Å². The highest BCUT2D eigenvalue weighted by Crippen LogP contribution is 2.31. The van der Waals surface area contributed by atoms with Gasteiger partial charge in [0.1, 0.15) is 5.01 Å². The van der Waals surface area contributed by atoms with Crippen LogP contribution in [0.1, 0.15) is 10.6 Å². The van der Waals surface area contributed by atoms with Crippen LogP contribution in [0.2, 0.25) is 0 Å². The average Bonchev–Trinajstić information content (AvgIpc) is 2.84. The molecule has 0 fully saturated rings. The summed E-state index contributed by atoms with van der Waals surface area (Å²) in [6.07, 6.45) is 2.09. The predicted octanol–water partition coefficient (Wildman–Crippen LogP) is 5.19. The molecule has 0 radical (unpaired) electrons. The lowest BCUT2D eigenvalue weighted by Crippen LogP contribution is -1.75. The van der Waals surface area contributed by atoms with E-state index in [2.05, 4.69) is 45.2 Å². The van der Waals surface area contributed by atoms with Gasteiger partial charge in [-0.3, -0.25) is 0 Å². The van der Waals surface area contributed by atoms with Gasteiger partial charge in [0.05, 0.1) is 14.7 Å².